The van der Waals surface area contributed by atoms with Crippen LogP contribution in [-0.2, 0) is 9.47 Å². The summed E-state index contributed by atoms with van der Waals surface area (Å²) in [5.41, 5.74) is 0.541. The highest BCUT2D eigenvalue weighted by atomic mass is 16.5. The van der Waals surface area contributed by atoms with Crippen molar-refractivity contribution in [2.75, 3.05) is 13.2 Å². The van der Waals surface area contributed by atoms with Gasteiger partial charge in [-0.1, -0.05) is 18.2 Å². The Balaban J connectivity index is 2.16. The van der Waals surface area contributed by atoms with Gasteiger partial charge in [0.2, 0.25) is 0 Å². The number of benzene rings is 1. The van der Waals surface area contributed by atoms with Gasteiger partial charge < -0.3 is 9.47 Å². The number of esters is 1. The molecular weight excluding hydrogens is 218 g/mol. The lowest BCUT2D eigenvalue weighted by Gasteiger charge is -2.06. The lowest BCUT2D eigenvalue weighted by molar-refractivity contribution is 0.0417. The topological polar surface area (TPSA) is 59.3 Å². The van der Waals surface area contributed by atoms with E-state index in [1.165, 1.54) is 0 Å². The summed E-state index contributed by atoms with van der Waals surface area (Å²) < 4.78 is 10.2. The molecule has 0 saturated carbocycles. The maximum Gasteiger partial charge on any atom is 0.338 e. The van der Waals surface area contributed by atoms with Crippen molar-refractivity contribution < 1.29 is 14.3 Å². The first kappa shape index (κ1) is 13.2. The molecular formula is C13H15NO3. The number of hydrogen-bond acceptors (Lipinski definition) is 4. The van der Waals surface area contributed by atoms with Crippen molar-refractivity contribution >= 4 is 5.97 Å². The van der Waals surface area contributed by atoms with E-state index >= 15 is 0 Å². The fourth-order valence-electron chi connectivity index (χ4n) is 1.18. The van der Waals surface area contributed by atoms with Crippen molar-refractivity contribution in [1.29, 1.82) is 5.26 Å². The molecule has 0 radical (unpaired) electrons. The van der Waals surface area contributed by atoms with Gasteiger partial charge in [0.1, 0.15) is 6.10 Å². The second-order valence-electron chi connectivity index (χ2n) is 3.50. The van der Waals surface area contributed by atoms with Gasteiger partial charge in [-0.25, -0.2) is 4.79 Å². The molecule has 0 saturated heterocycles. The SMILES string of the molecule is CC(C#N)OCCCOC(=O)c1ccccc1. The molecule has 1 atom stereocenters. The first-order valence-electron chi connectivity index (χ1n) is 5.47. The van der Waals surface area contributed by atoms with Crippen LogP contribution >= 0.6 is 0 Å². The molecule has 0 aliphatic rings. The molecule has 0 spiro atoms. The van der Waals surface area contributed by atoms with Crippen LogP contribution in [0.5, 0.6) is 0 Å². The first-order chi connectivity index (χ1) is 8.24. The highest BCUT2D eigenvalue weighted by Crippen LogP contribution is 2.01. The average Bonchev–Trinajstić information content (AvgIpc) is 2.38. The van der Waals surface area contributed by atoms with Crippen LogP contribution in [-0.4, -0.2) is 25.3 Å². The molecule has 0 aliphatic carbocycles. The Morgan fingerprint density at radius 3 is 2.71 bits per heavy atom. The first-order valence-corrected chi connectivity index (χ1v) is 5.47. The summed E-state index contributed by atoms with van der Waals surface area (Å²) in [6.45, 7) is 2.39. The smallest absolute Gasteiger partial charge is 0.338 e. The molecule has 0 aromatic heterocycles. The normalized spacial score (nSPS) is 11.5. The van der Waals surface area contributed by atoms with E-state index in [1.54, 1.807) is 31.2 Å². The van der Waals surface area contributed by atoms with E-state index < -0.39 is 6.10 Å². The van der Waals surface area contributed by atoms with Crippen LogP contribution < -0.4 is 0 Å². The van der Waals surface area contributed by atoms with Crippen LogP contribution in [0, 0.1) is 11.3 Å². The molecule has 0 fully saturated rings. The quantitative estimate of drug-likeness (QED) is 0.558. The molecule has 4 heteroatoms. The summed E-state index contributed by atoms with van der Waals surface area (Å²) in [6.07, 6.45) is 0.171. The average molecular weight is 233 g/mol. The highest BCUT2D eigenvalue weighted by Gasteiger charge is 2.05. The molecule has 1 aromatic rings. The number of carbonyl (C=O) groups excluding carboxylic acids is 1. The second-order valence-corrected chi connectivity index (χ2v) is 3.50. The molecule has 4 nitrogen and oxygen atoms in total. The van der Waals surface area contributed by atoms with Crippen LogP contribution in [0.3, 0.4) is 0 Å². The minimum atomic E-state index is -0.417. The minimum Gasteiger partial charge on any atom is -0.462 e. The summed E-state index contributed by atoms with van der Waals surface area (Å²) in [7, 11) is 0. The van der Waals surface area contributed by atoms with Gasteiger partial charge in [0.25, 0.3) is 0 Å². The van der Waals surface area contributed by atoms with Crippen molar-refractivity contribution in [3.8, 4) is 6.07 Å². The van der Waals surface area contributed by atoms with Gasteiger partial charge in [-0.2, -0.15) is 5.26 Å². The summed E-state index contributed by atoms with van der Waals surface area (Å²) in [5, 5.41) is 8.47. The van der Waals surface area contributed by atoms with E-state index in [9.17, 15) is 4.79 Å². The monoisotopic (exact) mass is 233 g/mol. The summed E-state index contributed by atoms with van der Waals surface area (Å²) in [6, 6.07) is 10.8. The Morgan fingerprint density at radius 2 is 2.06 bits per heavy atom. The Kier molecular flexibility index (Phi) is 5.76. The fourth-order valence-corrected chi connectivity index (χ4v) is 1.18. The van der Waals surface area contributed by atoms with Gasteiger partial charge in [-0.15, -0.1) is 0 Å². The van der Waals surface area contributed by atoms with Crippen molar-refractivity contribution in [1.82, 2.24) is 0 Å². The zero-order chi connectivity index (χ0) is 12.5. The van der Waals surface area contributed by atoms with Crippen LogP contribution in [0.25, 0.3) is 0 Å². The molecule has 0 aliphatic heterocycles. The van der Waals surface area contributed by atoms with Gasteiger partial charge in [0, 0.05) is 6.42 Å². The van der Waals surface area contributed by atoms with E-state index in [4.69, 9.17) is 14.7 Å². The number of ether oxygens (including phenoxy) is 2. The third-order valence-corrected chi connectivity index (χ3v) is 2.08. The third-order valence-electron chi connectivity index (χ3n) is 2.08. The van der Waals surface area contributed by atoms with Gasteiger partial charge in [0.15, 0.2) is 0 Å². The largest absolute Gasteiger partial charge is 0.462 e. The molecule has 0 amide bonds. The van der Waals surface area contributed by atoms with Crippen LogP contribution in [0.1, 0.15) is 23.7 Å². The van der Waals surface area contributed by atoms with Gasteiger partial charge in [0.05, 0.1) is 24.8 Å². The number of nitriles is 1. The molecule has 1 aromatic carbocycles. The lowest BCUT2D eigenvalue weighted by Crippen LogP contribution is -2.11. The number of nitrogens with zero attached hydrogens (tertiary/aromatic N) is 1. The van der Waals surface area contributed by atoms with Crippen molar-refractivity contribution in [2.45, 2.75) is 19.4 Å². The lowest BCUT2D eigenvalue weighted by atomic mass is 10.2. The van der Waals surface area contributed by atoms with Crippen LogP contribution in [0.15, 0.2) is 30.3 Å². The van der Waals surface area contributed by atoms with E-state index in [0.717, 1.165) is 0 Å². The second kappa shape index (κ2) is 7.42. The summed E-state index contributed by atoms with van der Waals surface area (Å²) in [5.74, 6) is -0.334. The Hall–Kier alpha value is -1.86. The zero-order valence-electron chi connectivity index (χ0n) is 9.76. The zero-order valence-corrected chi connectivity index (χ0v) is 9.76. The van der Waals surface area contributed by atoms with Crippen LogP contribution in [0.2, 0.25) is 0 Å². The van der Waals surface area contributed by atoms with E-state index in [1.807, 2.05) is 12.1 Å². The van der Waals surface area contributed by atoms with Crippen molar-refractivity contribution in [3.05, 3.63) is 35.9 Å². The molecule has 0 heterocycles. The van der Waals surface area contributed by atoms with Crippen molar-refractivity contribution in [3.63, 3.8) is 0 Å². The minimum absolute atomic E-state index is 0.297. The molecule has 90 valence electrons. The van der Waals surface area contributed by atoms with Gasteiger partial charge in [-0.3, -0.25) is 0 Å². The van der Waals surface area contributed by atoms with E-state index in [-0.39, 0.29) is 5.97 Å². The van der Waals surface area contributed by atoms with Gasteiger partial charge in [-0.05, 0) is 19.1 Å². The molecule has 1 unspecified atom stereocenters. The Labute approximate surface area is 101 Å². The highest BCUT2D eigenvalue weighted by molar-refractivity contribution is 5.89. The predicted molar refractivity (Wildman–Crippen MR) is 62.4 cm³/mol. The molecule has 17 heavy (non-hydrogen) atoms. The number of hydrogen-bond donors (Lipinski definition) is 0. The standard InChI is InChI=1S/C13H15NO3/c1-11(10-14)16-8-5-9-17-13(15)12-6-3-2-4-7-12/h2-4,6-7,11H,5,8-9H2,1H3. The third kappa shape index (κ3) is 5.14. The predicted octanol–water partition coefficient (Wildman–Crippen LogP) is 2.16. The molecule has 0 N–H and O–H groups in total. The molecule has 0 bridgehead atoms. The Morgan fingerprint density at radius 1 is 1.35 bits per heavy atom. The van der Waals surface area contributed by atoms with Crippen molar-refractivity contribution in [2.24, 2.45) is 0 Å². The van der Waals surface area contributed by atoms with Gasteiger partial charge >= 0.3 is 5.97 Å². The summed E-state index contributed by atoms with van der Waals surface area (Å²) >= 11 is 0. The summed E-state index contributed by atoms with van der Waals surface area (Å²) in [4.78, 5) is 11.5. The molecule has 1 rings (SSSR count). The maximum atomic E-state index is 11.5. The number of rotatable bonds is 6. The van der Waals surface area contributed by atoms with Crippen LogP contribution in [0.4, 0.5) is 0 Å². The van der Waals surface area contributed by atoms with E-state index in [0.29, 0.717) is 25.2 Å². The fraction of sp³-hybridized carbons (Fsp3) is 0.385. The Bertz CT molecular complexity index is 383. The maximum absolute atomic E-state index is 11.5. The number of carbonyl (C=O) groups is 1. The van der Waals surface area contributed by atoms with E-state index in [2.05, 4.69) is 0 Å².